The summed E-state index contributed by atoms with van der Waals surface area (Å²) in [5, 5.41) is 2.88. The minimum absolute atomic E-state index is 0.105. The fourth-order valence-corrected chi connectivity index (χ4v) is 2.66. The highest BCUT2D eigenvalue weighted by molar-refractivity contribution is 5.80. The number of amides is 2. The van der Waals surface area contributed by atoms with E-state index in [0.29, 0.717) is 12.2 Å². The van der Waals surface area contributed by atoms with Gasteiger partial charge in [0.05, 0.1) is 5.69 Å². The van der Waals surface area contributed by atoms with Gasteiger partial charge in [-0.2, -0.15) is 0 Å². The van der Waals surface area contributed by atoms with Gasteiger partial charge in [-0.25, -0.2) is 0 Å². The zero-order chi connectivity index (χ0) is 18.5. The first-order chi connectivity index (χ1) is 11.1. The third kappa shape index (κ3) is 4.28. The lowest BCUT2D eigenvalue weighted by molar-refractivity contribution is -0.120. The Hall–Kier alpha value is -2.04. The number of anilines is 1. The lowest BCUT2D eigenvalue weighted by Gasteiger charge is -2.34. The molecule has 0 heterocycles. The summed E-state index contributed by atoms with van der Waals surface area (Å²) in [4.78, 5) is 22.4. The molecule has 0 spiro atoms. The number of ether oxygens (including phenoxy) is 1. The van der Waals surface area contributed by atoms with Crippen LogP contribution in [-0.4, -0.2) is 18.9 Å². The van der Waals surface area contributed by atoms with E-state index in [1.54, 1.807) is 0 Å². The highest BCUT2D eigenvalue weighted by Gasteiger charge is 2.32. The molecule has 1 aromatic rings. The predicted octanol–water partition coefficient (Wildman–Crippen LogP) is 3.49. The standard InChI is InChI=1S/C19H30N2O3/c1-7-18(3,4)13-9-10-14(24-11-15(20)23)16(17(13)21-12-22)19(5,6)8-2/h9-10,12H,7-8,11H2,1-6H3,(H2,20,23)(H,21,22). The quantitative estimate of drug-likeness (QED) is 0.678. The molecule has 0 aliphatic heterocycles. The van der Waals surface area contributed by atoms with Crippen LogP contribution in [0, 0.1) is 0 Å². The van der Waals surface area contributed by atoms with E-state index >= 15 is 0 Å². The van der Waals surface area contributed by atoms with Gasteiger partial charge >= 0.3 is 0 Å². The second kappa shape index (κ2) is 7.69. The van der Waals surface area contributed by atoms with Crippen LogP contribution in [0.2, 0.25) is 0 Å². The molecule has 0 aromatic heterocycles. The summed E-state index contributed by atoms with van der Waals surface area (Å²) in [5.41, 5.74) is 7.60. The monoisotopic (exact) mass is 334 g/mol. The topological polar surface area (TPSA) is 81.4 Å². The third-order valence-corrected chi connectivity index (χ3v) is 4.91. The first kappa shape index (κ1) is 20.0. The summed E-state index contributed by atoms with van der Waals surface area (Å²) in [5.74, 6) is 0.0544. The molecule has 0 radical (unpaired) electrons. The highest BCUT2D eigenvalue weighted by Crippen LogP contribution is 2.45. The van der Waals surface area contributed by atoms with Gasteiger partial charge in [-0.1, -0.05) is 47.6 Å². The second-order valence-corrected chi connectivity index (χ2v) is 7.35. The number of carbonyl (C=O) groups is 2. The Morgan fingerprint density at radius 1 is 1.17 bits per heavy atom. The summed E-state index contributed by atoms with van der Waals surface area (Å²) in [6, 6.07) is 3.83. The Kier molecular flexibility index (Phi) is 6.41. The molecule has 1 rings (SSSR count). The number of hydrogen-bond acceptors (Lipinski definition) is 3. The minimum atomic E-state index is -0.530. The maximum atomic E-state index is 11.3. The molecule has 0 aliphatic rings. The molecule has 24 heavy (non-hydrogen) atoms. The van der Waals surface area contributed by atoms with Crippen LogP contribution in [0.5, 0.6) is 5.75 Å². The number of nitrogens with two attached hydrogens (primary N) is 1. The largest absolute Gasteiger partial charge is 0.483 e. The number of primary amides is 1. The molecule has 5 nitrogen and oxygen atoms in total. The molecule has 5 heteroatoms. The lowest BCUT2D eigenvalue weighted by Crippen LogP contribution is -2.26. The van der Waals surface area contributed by atoms with Crippen molar-refractivity contribution in [1.29, 1.82) is 0 Å². The van der Waals surface area contributed by atoms with Crippen molar-refractivity contribution in [3.05, 3.63) is 23.3 Å². The van der Waals surface area contributed by atoms with Gasteiger partial charge in [0.15, 0.2) is 6.61 Å². The van der Waals surface area contributed by atoms with Crippen molar-refractivity contribution in [3.8, 4) is 5.75 Å². The molecule has 0 fully saturated rings. The van der Waals surface area contributed by atoms with Crippen LogP contribution >= 0.6 is 0 Å². The van der Waals surface area contributed by atoms with Crippen molar-refractivity contribution in [3.63, 3.8) is 0 Å². The first-order valence-electron chi connectivity index (χ1n) is 8.40. The number of benzene rings is 1. The van der Waals surface area contributed by atoms with Gasteiger partial charge in [0.1, 0.15) is 5.75 Å². The van der Waals surface area contributed by atoms with E-state index in [-0.39, 0.29) is 17.4 Å². The number of hydrogen-bond donors (Lipinski definition) is 2. The maximum absolute atomic E-state index is 11.3. The smallest absolute Gasteiger partial charge is 0.255 e. The van der Waals surface area contributed by atoms with E-state index in [0.717, 1.165) is 29.7 Å². The van der Waals surface area contributed by atoms with Crippen LogP contribution in [0.4, 0.5) is 5.69 Å². The number of nitrogens with one attached hydrogen (secondary N) is 1. The van der Waals surface area contributed by atoms with Gasteiger partial charge in [0, 0.05) is 5.56 Å². The summed E-state index contributed by atoms with van der Waals surface area (Å²) in [6.07, 6.45) is 2.47. The fraction of sp³-hybridized carbons (Fsp3) is 0.579. The van der Waals surface area contributed by atoms with Gasteiger partial charge < -0.3 is 15.8 Å². The molecule has 0 bridgehead atoms. The Morgan fingerprint density at radius 3 is 2.21 bits per heavy atom. The predicted molar refractivity (Wildman–Crippen MR) is 97.5 cm³/mol. The van der Waals surface area contributed by atoms with Gasteiger partial charge in [-0.15, -0.1) is 0 Å². The van der Waals surface area contributed by atoms with Gasteiger partial charge in [-0.05, 0) is 35.3 Å². The molecule has 0 saturated heterocycles. The Morgan fingerprint density at radius 2 is 1.75 bits per heavy atom. The van der Waals surface area contributed by atoms with E-state index in [4.69, 9.17) is 10.5 Å². The van der Waals surface area contributed by atoms with Crippen LogP contribution in [0.3, 0.4) is 0 Å². The van der Waals surface area contributed by atoms with Crippen molar-refractivity contribution in [2.24, 2.45) is 5.73 Å². The summed E-state index contributed by atoms with van der Waals surface area (Å²) >= 11 is 0. The normalized spacial score (nSPS) is 11.9. The van der Waals surface area contributed by atoms with Crippen molar-refractivity contribution in [1.82, 2.24) is 0 Å². The molecular weight excluding hydrogens is 304 g/mol. The van der Waals surface area contributed by atoms with Crippen molar-refractivity contribution < 1.29 is 14.3 Å². The molecule has 0 unspecified atom stereocenters. The SMILES string of the molecule is CCC(C)(C)c1ccc(OCC(N)=O)c(C(C)(C)CC)c1NC=O. The van der Waals surface area contributed by atoms with Crippen molar-refractivity contribution in [2.75, 3.05) is 11.9 Å². The van der Waals surface area contributed by atoms with E-state index in [1.807, 2.05) is 12.1 Å². The first-order valence-corrected chi connectivity index (χ1v) is 8.40. The average Bonchev–Trinajstić information content (AvgIpc) is 2.52. The zero-order valence-corrected chi connectivity index (χ0v) is 15.7. The van der Waals surface area contributed by atoms with E-state index in [1.165, 1.54) is 0 Å². The average molecular weight is 334 g/mol. The van der Waals surface area contributed by atoms with Gasteiger partial charge in [-0.3, -0.25) is 9.59 Å². The van der Waals surface area contributed by atoms with Crippen LogP contribution in [0.25, 0.3) is 0 Å². The Bertz CT molecular complexity index is 607. The van der Waals surface area contributed by atoms with Gasteiger partial charge in [0.25, 0.3) is 5.91 Å². The highest BCUT2D eigenvalue weighted by atomic mass is 16.5. The van der Waals surface area contributed by atoms with Crippen molar-refractivity contribution in [2.45, 2.75) is 65.2 Å². The second-order valence-electron chi connectivity index (χ2n) is 7.35. The Balaban J connectivity index is 3.67. The van der Waals surface area contributed by atoms with Crippen LogP contribution in [0.1, 0.15) is 65.5 Å². The zero-order valence-electron chi connectivity index (χ0n) is 15.7. The third-order valence-electron chi connectivity index (χ3n) is 4.91. The summed E-state index contributed by atoms with van der Waals surface area (Å²) < 4.78 is 5.64. The molecular formula is C19H30N2O3. The van der Waals surface area contributed by atoms with Crippen LogP contribution < -0.4 is 15.8 Å². The fourth-order valence-electron chi connectivity index (χ4n) is 2.66. The van der Waals surface area contributed by atoms with Crippen LogP contribution in [-0.2, 0) is 20.4 Å². The Labute approximate surface area is 145 Å². The molecule has 134 valence electrons. The van der Waals surface area contributed by atoms with E-state index < -0.39 is 5.91 Å². The summed E-state index contributed by atoms with van der Waals surface area (Å²) in [7, 11) is 0. The van der Waals surface area contributed by atoms with Crippen LogP contribution in [0.15, 0.2) is 12.1 Å². The number of rotatable bonds is 9. The molecule has 0 atom stereocenters. The van der Waals surface area contributed by atoms with E-state index in [9.17, 15) is 9.59 Å². The molecule has 1 aromatic carbocycles. The van der Waals surface area contributed by atoms with Crippen molar-refractivity contribution >= 4 is 18.0 Å². The molecule has 0 saturated carbocycles. The maximum Gasteiger partial charge on any atom is 0.255 e. The molecule has 2 amide bonds. The summed E-state index contributed by atoms with van der Waals surface area (Å²) in [6.45, 7) is 12.5. The molecule has 0 aliphatic carbocycles. The lowest BCUT2D eigenvalue weighted by atomic mass is 9.74. The minimum Gasteiger partial charge on any atom is -0.483 e. The number of carbonyl (C=O) groups excluding carboxylic acids is 2. The van der Waals surface area contributed by atoms with Gasteiger partial charge in [0.2, 0.25) is 6.41 Å². The van der Waals surface area contributed by atoms with E-state index in [2.05, 4.69) is 46.9 Å². The molecule has 3 N–H and O–H groups in total.